The topological polar surface area (TPSA) is 90.5 Å². The van der Waals surface area contributed by atoms with Crippen molar-refractivity contribution < 1.29 is 27.9 Å². The van der Waals surface area contributed by atoms with Crippen LogP contribution in [-0.4, -0.2) is 54.0 Å². The fourth-order valence-electron chi connectivity index (χ4n) is 7.87. The van der Waals surface area contributed by atoms with Crippen LogP contribution in [0, 0.1) is 11.2 Å². The van der Waals surface area contributed by atoms with Crippen LogP contribution in [0.1, 0.15) is 55.6 Å². The second-order valence-electron chi connectivity index (χ2n) is 11.9. The molecule has 2 spiro atoms. The maximum Gasteiger partial charge on any atom is 0.238 e. The lowest BCUT2D eigenvalue weighted by Gasteiger charge is -2.59. The van der Waals surface area contributed by atoms with E-state index < -0.39 is 65.4 Å². The molecule has 0 aromatic heterocycles. The van der Waals surface area contributed by atoms with E-state index in [1.165, 1.54) is 12.1 Å². The third-order valence-electron chi connectivity index (χ3n) is 9.56. The maximum absolute atomic E-state index is 14.9. The highest BCUT2D eigenvalue weighted by Gasteiger charge is 2.78. The number of halogens is 5. The van der Waals surface area contributed by atoms with Gasteiger partial charge in [-0.05, 0) is 67.9 Å². The molecule has 2 heterocycles. The largest absolute Gasteiger partial charge is 0.393 e. The molecule has 0 radical (unpaired) electrons. The molecular weight excluding hydrogens is 566 g/mol. The Morgan fingerprint density at radius 2 is 1.77 bits per heavy atom. The van der Waals surface area contributed by atoms with Gasteiger partial charge in [-0.15, -0.1) is 0 Å². The lowest BCUT2D eigenvalue weighted by atomic mass is 9.46. The fraction of sp³-hybridized carbons (Fsp3) is 0.517. The van der Waals surface area contributed by atoms with Crippen molar-refractivity contribution >= 4 is 40.7 Å². The number of aliphatic hydroxyl groups is 1. The van der Waals surface area contributed by atoms with Crippen molar-refractivity contribution in [2.45, 2.75) is 73.6 Å². The minimum Gasteiger partial charge on any atom is -0.393 e. The van der Waals surface area contributed by atoms with Gasteiger partial charge in [0.2, 0.25) is 11.8 Å². The molecule has 4 aliphatic rings. The molecule has 11 heteroatoms. The molecule has 214 valence electrons. The van der Waals surface area contributed by atoms with Crippen LogP contribution in [0.15, 0.2) is 36.4 Å². The number of alkyl halides is 2. The summed E-state index contributed by atoms with van der Waals surface area (Å²) >= 11 is 12.8. The van der Waals surface area contributed by atoms with E-state index >= 15 is 0 Å². The van der Waals surface area contributed by atoms with E-state index in [0.29, 0.717) is 42.0 Å². The summed E-state index contributed by atoms with van der Waals surface area (Å²) in [6.07, 6.45) is 1.73. The van der Waals surface area contributed by atoms with Crippen LogP contribution in [0.2, 0.25) is 10.0 Å². The molecule has 2 aromatic carbocycles. The molecule has 2 aromatic rings. The van der Waals surface area contributed by atoms with Gasteiger partial charge < -0.3 is 15.7 Å². The van der Waals surface area contributed by atoms with Gasteiger partial charge in [-0.2, -0.15) is 0 Å². The fourth-order valence-corrected chi connectivity index (χ4v) is 8.28. The summed E-state index contributed by atoms with van der Waals surface area (Å²) in [6.45, 7) is -1.85. The number of carbonyl (C=O) groups excluding carboxylic acids is 2. The summed E-state index contributed by atoms with van der Waals surface area (Å²) in [5, 5.41) is 19.4. The van der Waals surface area contributed by atoms with Crippen LogP contribution in [-0.2, 0) is 15.0 Å². The molecular formula is C29H30Cl2F3N3O3. The third-order valence-corrected chi connectivity index (χ3v) is 10.2. The van der Waals surface area contributed by atoms with E-state index in [9.17, 15) is 27.9 Å². The number of hydrogen-bond acceptors (Lipinski definition) is 4. The Labute approximate surface area is 240 Å². The number of benzene rings is 2. The van der Waals surface area contributed by atoms with E-state index in [-0.39, 0.29) is 29.5 Å². The molecule has 0 bridgehead atoms. The van der Waals surface area contributed by atoms with Crippen LogP contribution in [0.25, 0.3) is 0 Å². The molecule has 6 nitrogen and oxygen atoms in total. The molecule has 3 fully saturated rings. The van der Waals surface area contributed by atoms with Crippen LogP contribution >= 0.6 is 23.2 Å². The smallest absolute Gasteiger partial charge is 0.238 e. The van der Waals surface area contributed by atoms with E-state index in [1.807, 2.05) is 0 Å². The van der Waals surface area contributed by atoms with E-state index in [2.05, 4.69) is 16.0 Å². The summed E-state index contributed by atoms with van der Waals surface area (Å²) in [5.41, 5.74) is -2.88. The molecule has 2 saturated carbocycles. The zero-order chi connectivity index (χ0) is 28.4. The number of anilines is 1. The van der Waals surface area contributed by atoms with Crippen molar-refractivity contribution in [3.05, 3.63) is 63.4 Å². The van der Waals surface area contributed by atoms with Gasteiger partial charge in [-0.25, -0.2) is 4.39 Å². The van der Waals surface area contributed by atoms with Gasteiger partial charge in [0.1, 0.15) is 11.2 Å². The van der Waals surface area contributed by atoms with Crippen molar-refractivity contribution in [3.8, 4) is 0 Å². The molecule has 3 atom stereocenters. The SMILES string of the molecule is O=C(NC1CCC(O)CC1)[C@@H]1NC2(CC(CF)(CF)C2)[C@@]2(C(=O)Nc3cc(Cl)ccc32)[C@H]1c1cccc(F)c1Cl. The zero-order valence-corrected chi connectivity index (χ0v) is 23.1. The standard InChI is InChI=1S/C29H30Cl2F3N3O3/c30-15-4-9-19-21(10-15)36-26(40)29(19)22(18-2-1-3-20(34)23(18)31)24(25(39)35-16-5-7-17(38)8-6-16)37-28(29)11-27(12-28,13-32)14-33/h1-4,9-10,16-17,22,24,37-38H,5-8,11-14H2,(H,35,39)(H,36,40)/t16?,17?,22-,24+,29+/m0/s1. The summed E-state index contributed by atoms with van der Waals surface area (Å²) in [7, 11) is 0. The van der Waals surface area contributed by atoms with Gasteiger partial charge in [-0.1, -0.05) is 41.4 Å². The van der Waals surface area contributed by atoms with Gasteiger partial charge in [0, 0.05) is 33.6 Å². The molecule has 6 rings (SSSR count). The van der Waals surface area contributed by atoms with Gasteiger partial charge >= 0.3 is 0 Å². The minimum absolute atomic E-state index is 0.0503. The van der Waals surface area contributed by atoms with Crippen molar-refractivity contribution in [3.63, 3.8) is 0 Å². The molecule has 40 heavy (non-hydrogen) atoms. The number of aliphatic hydroxyl groups excluding tert-OH is 1. The highest BCUT2D eigenvalue weighted by molar-refractivity contribution is 6.32. The van der Waals surface area contributed by atoms with Gasteiger partial charge in [0.15, 0.2) is 0 Å². The summed E-state index contributed by atoms with van der Waals surface area (Å²) in [6, 6.07) is 7.89. The van der Waals surface area contributed by atoms with Crippen molar-refractivity contribution in [1.82, 2.24) is 10.6 Å². The van der Waals surface area contributed by atoms with Gasteiger partial charge in [-0.3, -0.25) is 23.7 Å². The Morgan fingerprint density at radius 3 is 2.45 bits per heavy atom. The third kappa shape index (κ3) is 3.91. The van der Waals surface area contributed by atoms with Crippen LogP contribution < -0.4 is 16.0 Å². The Kier molecular flexibility index (Phi) is 6.88. The first-order valence-corrected chi connectivity index (χ1v) is 14.3. The average molecular weight is 596 g/mol. The van der Waals surface area contributed by atoms with Crippen LogP contribution in [0.3, 0.4) is 0 Å². The number of amides is 2. The molecule has 0 unspecified atom stereocenters. The van der Waals surface area contributed by atoms with Crippen LogP contribution in [0.5, 0.6) is 0 Å². The normalized spacial score (nSPS) is 31.6. The van der Waals surface area contributed by atoms with Crippen molar-refractivity contribution in [2.24, 2.45) is 5.41 Å². The van der Waals surface area contributed by atoms with E-state index in [0.717, 1.165) is 0 Å². The van der Waals surface area contributed by atoms with Crippen molar-refractivity contribution in [1.29, 1.82) is 0 Å². The molecule has 4 N–H and O–H groups in total. The molecule has 2 aliphatic heterocycles. The number of nitrogens with one attached hydrogen (secondary N) is 3. The predicted octanol–water partition coefficient (Wildman–Crippen LogP) is 4.96. The average Bonchev–Trinajstić information content (AvgIpc) is 3.38. The first-order valence-electron chi connectivity index (χ1n) is 13.5. The number of rotatable bonds is 5. The Balaban J connectivity index is 1.53. The van der Waals surface area contributed by atoms with Gasteiger partial charge in [0.05, 0.1) is 30.5 Å². The Morgan fingerprint density at radius 1 is 1.07 bits per heavy atom. The van der Waals surface area contributed by atoms with E-state index in [1.54, 1.807) is 24.3 Å². The monoisotopic (exact) mass is 595 g/mol. The number of hydrogen-bond donors (Lipinski definition) is 4. The van der Waals surface area contributed by atoms with Crippen LogP contribution in [0.4, 0.5) is 18.9 Å². The Bertz CT molecular complexity index is 1360. The summed E-state index contributed by atoms with van der Waals surface area (Å²) < 4.78 is 43.4. The second-order valence-corrected chi connectivity index (χ2v) is 12.7. The summed E-state index contributed by atoms with van der Waals surface area (Å²) in [5.74, 6) is -2.60. The molecule has 2 amide bonds. The first-order chi connectivity index (χ1) is 19.1. The predicted molar refractivity (Wildman–Crippen MR) is 146 cm³/mol. The van der Waals surface area contributed by atoms with Crippen molar-refractivity contribution in [2.75, 3.05) is 18.7 Å². The first kappa shape index (κ1) is 27.8. The molecule has 1 saturated heterocycles. The lowest BCUT2D eigenvalue weighted by molar-refractivity contribution is -0.131. The zero-order valence-electron chi connectivity index (χ0n) is 21.6. The minimum atomic E-state index is -1.54. The molecule has 2 aliphatic carbocycles. The lowest BCUT2D eigenvalue weighted by Crippen LogP contribution is -2.70. The highest BCUT2D eigenvalue weighted by Crippen LogP contribution is 2.68. The highest BCUT2D eigenvalue weighted by atomic mass is 35.5. The van der Waals surface area contributed by atoms with Gasteiger partial charge in [0.25, 0.3) is 0 Å². The van der Waals surface area contributed by atoms with E-state index in [4.69, 9.17) is 23.2 Å². The second kappa shape index (κ2) is 9.89. The number of fused-ring (bicyclic) bond motifs is 3. The maximum atomic E-state index is 14.9. The summed E-state index contributed by atoms with van der Waals surface area (Å²) in [4.78, 5) is 28.3. The number of carbonyl (C=O) groups is 2. The quantitative estimate of drug-likeness (QED) is 0.393. The Hall–Kier alpha value is -2.33.